The van der Waals surface area contributed by atoms with Gasteiger partial charge in [-0.1, -0.05) is 6.92 Å². The van der Waals surface area contributed by atoms with Gasteiger partial charge in [-0.2, -0.15) is 13.2 Å². The highest BCUT2D eigenvalue weighted by Crippen LogP contribution is 2.31. The summed E-state index contributed by atoms with van der Waals surface area (Å²) in [5, 5.41) is 3.10. The van der Waals surface area contributed by atoms with E-state index in [1.807, 2.05) is 6.92 Å². The van der Waals surface area contributed by atoms with Gasteiger partial charge in [-0.25, -0.2) is 0 Å². The Morgan fingerprint density at radius 1 is 1.47 bits per heavy atom. The van der Waals surface area contributed by atoms with Gasteiger partial charge in [-0.3, -0.25) is 0 Å². The van der Waals surface area contributed by atoms with Crippen molar-refractivity contribution in [2.45, 2.75) is 38.4 Å². The lowest BCUT2D eigenvalue weighted by Gasteiger charge is -2.18. The molecule has 0 aliphatic heterocycles. The molecule has 0 bridgehead atoms. The van der Waals surface area contributed by atoms with Crippen LogP contribution in [0.4, 0.5) is 13.2 Å². The number of alkyl halides is 3. The molecule has 1 aromatic heterocycles. The van der Waals surface area contributed by atoms with E-state index in [9.17, 15) is 13.2 Å². The van der Waals surface area contributed by atoms with Crippen molar-refractivity contribution in [1.29, 1.82) is 0 Å². The van der Waals surface area contributed by atoms with E-state index in [2.05, 4.69) is 21.2 Å². The van der Waals surface area contributed by atoms with Crippen molar-refractivity contribution >= 4 is 15.9 Å². The van der Waals surface area contributed by atoms with Crippen LogP contribution in [-0.2, 0) is 0 Å². The van der Waals surface area contributed by atoms with E-state index >= 15 is 0 Å². The van der Waals surface area contributed by atoms with Gasteiger partial charge in [0.15, 0.2) is 4.67 Å². The van der Waals surface area contributed by atoms with E-state index in [0.717, 1.165) is 12.0 Å². The first-order chi connectivity index (χ1) is 7.94. The monoisotopic (exact) mass is 313 g/mol. The molecule has 0 amide bonds. The second kappa shape index (κ2) is 6.44. The molecule has 0 saturated carbocycles. The largest absolute Gasteiger partial charge is 0.457 e. The van der Waals surface area contributed by atoms with Crippen LogP contribution in [0.15, 0.2) is 21.4 Å². The lowest BCUT2D eigenvalue weighted by atomic mass is 10.0. The van der Waals surface area contributed by atoms with Gasteiger partial charge in [0.25, 0.3) is 0 Å². The van der Waals surface area contributed by atoms with Crippen molar-refractivity contribution in [3.63, 3.8) is 0 Å². The predicted molar refractivity (Wildman–Crippen MR) is 62.7 cm³/mol. The molecule has 0 aliphatic rings. The van der Waals surface area contributed by atoms with Crippen LogP contribution >= 0.6 is 15.9 Å². The van der Waals surface area contributed by atoms with Crippen molar-refractivity contribution in [2.75, 3.05) is 6.54 Å². The van der Waals surface area contributed by atoms with Gasteiger partial charge in [0, 0.05) is 18.0 Å². The first-order valence-electron chi connectivity index (χ1n) is 5.47. The van der Waals surface area contributed by atoms with Gasteiger partial charge in [-0.15, -0.1) is 0 Å². The second-order valence-electron chi connectivity index (χ2n) is 3.81. The summed E-state index contributed by atoms with van der Waals surface area (Å²) >= 11 is 3.19. The molecule has 0 aromatic carbocycles. The first-order valence-corrected chi connectivity index (χ1v) is 6.26. The van der Waals surface area contributed by atoms with E-state index in [-0.39, 0.29) is 12.5 Å². The molecule has 1 heterocycles. The van der Waals surface area contributed by atoms with E-state index < -0.39 is 12.6 Å². The Balaban J connectivity index is 2.64. The smallest absolute Gasteiger partial charge is 0.389 e. The maximum absolute atomic E-state index is 12.2. The highest BCUT2D eigenvalue weighted by Gasteiger charge is 2.29. The van der Waals surface area contributed by atoms with Crippen molar-refractivity contribution < 1.29 is 17.6 Å². The zero-order valence-corrected chi connectivity index (χ0v) is 11.1. The quantitative estimate of drug-likeness (QED) is 0.840. The summed E-state index contributed by atoms with van der Waals surface area (Å²) in [6.07, 6.45) is -2.57. The molecule has 0 saturated heterocycles. The zero-order valence-electron chi connectivity index (χ0n) is 9.48. The molecule has 0 fully saturated rings. The minimum absolute atomic E-state index is 0.0155. The summed E-state index contributed by atoms with van der Waals surface area (Å²) in [6, 6.07) is 1.36. The van der Waals surface area contributed by atoms with Crippen LogP contribution in [-0.4, -0.2) is 12.7 Å². The number of hydrogen-bond donors (Lipinski definition) is 1. The number of halogens is 4. The highest BCUT2D eigenvalue weighted by molar-refractivity contribution is 9.10. The predicted octanol–water partition coefficient (Wildman–Crippen LogP) is 4.43. The van der Waals surface area contributed by atoms with Crippen molar-refractivity contribution in [3.05, 3.63) is 22.6 Å². The molecule has 0 aliphatic carbocycles. The normalized spacial score (nSPS) is 13.9. The third kappa shape index (κ3) is 5.12. The number of rotatable bonds is 6. The maximum atomic E-state index is 12.2. The average Bonchev–Trinajstić information content (AvgIpc) is 2.63. The Kier molecular flexibility index (Phi) is 5.52. The van der Waals surface area contributed by atoms with Gasteiger partial charge in [0.1, 0.15) is 0 Å². The molecule has 1 atom stereocenters. The molecular formula is C11H15BrF3NO. The first kappa shape index (κ1) is 14.6. The Morgan fingerprint density at radius 3 is 2.65 bits per heavy atom. The van der Waals surface area contributed by atoms with Gasteiger partial charge >= 0.3 is 6.18 Å². The fraction of sp³-hybridized carbons (Fsp3) is 0.636. The molecule has 1 aromatic rings. The fourth-order valence-electron chi connectivity index (χ4n) is 1.55. The molecule has 1 rings (SSSR count). The fourth-order valence-corrected chi connectivity index (χ4v) is 2.06. The van der Waals surface area contributed by atoms with Gasteiger partial charge < -0.3 is 9.73 Å². The minimum Gasteiger partial charge on any atom is -0.457 e. The topological polar surface area (TPSA) is 25.2 Å². The molecule has 2 nitrogen and oxygen atoms in total. The maximum Gasteiger partial charge on any atom is 0.389 e. The molecule has 0 radical (unpaired) electrons. The SMILES string of the molecule is CCCNC(CCC(F)(F)F)c1ccoc1Br. The third-order valence-electron chi connectivity index (χ3n) is 2.38. The van der Waals surface area contributed by atoms with Crippen LogP contribution in [0.2, 0.25) is 0 Å². The standard InChI is InChI=1S/C11H15BrF3NO/c1-2-6-16-9(3-5-11(13,14)15)8-4-7-17-10(8)12/h4,7,9,16H,2-3,5-6H2,1H3. The van der Waals surface area contributed by atoms with E-state index in [4.69, 9.17) is 4.42 Å². The number of nitrogens with one attached hydrogen (secondary N) is 1. The Labute approximate surface area is 107 Å². The Hall–Kier alpha value is -0.490. The summed E-state index contributed by atoms with van der Waals surface area (Å²) in [6.45, 7) is 2.65. The lowest BCUT2D eigenvalue weighted by Crippen LogP contribution is -2.24. The highest BCUT2D eigenvalue weighted by atomic mass is 79.9. The van der Waals surface area contributed by atoms with Crippen LogP contribution in [0.5, 0.6) is 0 Å². The van der Waals surface area contributed by atoms with Crippen LogP contribution in [0, 0.1) is 0 Å². The van der Waals surface area contributed by atoms with Crippen molar-refractivity contribution in [3.8, 4) is 0 Å². The van der Waals surface area contributed by atoms with Gasteiger partial charge in [0.05, 0.1) is 6.26 Å². The average molecular weight is 314 g/mol. The van der Waals surface area contributed by atoms with Crippen LogP contribution in [0.25, 0.3) is 0 Å². The summed E-state index contributed by atoms with van der Waals surface area (Å²) in [7, 11) is 0. The van der Waals surface area contributed by atoms with E-state index in [1.54, 1.807) is 6.07 Å². The second-order valence-corrected chi connectivity index (χ2v) is 4.53. The molecule has 1 unspecified atom stereocenters. The number of furan rings is 1. The summed E-state index contributed by atoms with van der Waals surface area (Å²) in [5.74, 6) is 0. The Morgan fingerprint density at radius 2 is 2.18 bits per heavy atom. The molecule has 17 heavy (non-hydrogen) atoms. The summed E-state index contributed by atoms with van der Waals surface area (Å²) < 4.78 is 42.2. The minimum atomic E-state index is -4.12. The van der Waals surface area contributed by atoms with Gasteiger partial charge in [0.2, 0.25) is 0 Å². The molecular weight excluding hydrogens is 299 g/mol. The molecule has 98 valence electrons. The van der Waals surface area contributed by atoms with Crippen LogP contribution < -0.4 is 5.32 Å². The third-order valence-corrected chi connectivity index (χ3v) is 3.02. The zero-order chi connectivity index (χ0) is 12.9. The van der Waals surface area contributed by atoms with Crippen LogP contribution in [0.1, 0.15) is 37.8 Å². The molecule has 0 spiro atoms. The van der Waals surface area contributed by atoms with Crippen LogP contribution in [0.3, 0.4) is 0 Å². The molecule has 1 N–H and O–H groups in total. The van der Waals surface area contributed by atoms with E-state index in [1.165, 1.54) is 6.26 Å². The van der Waals surface area contributed by atoms with E-state index in [0.29, 0.717) is 11.2 Å². The number of hydrogen-bond acceptors (Lipinski definition) is 2. The summed E-state index contributed by atoms with van der Waals surface area (Å²) in [4.78, 5) is 0. The van der Waals surface area contributed by atoms with Crippen molar-refractivity contribution in [1.82, 2.24) is 5.32 Å². The molecule has 6 heteroatoms. The van der Waals surface area contributed by atoms with Gasteiger partial charge in [-0.05, 0) is 41.4 Å². The lowest BCUT2D eigenvalue weighted by molar-refractivity contribution is -0.136. The van der Waals surface area contributed by atoms with Crippen molar-refractivity contribution in [2.24, 2.45) is 0 Å². The Bertz CT molecular complexity index is 338. The summed E-state index contributed by atoms with van der Waals surface area (Å²) in [5.41, 5.74) is 0.739.